The number of carbonyl (C=O) groups excluding carboxylic acids is 1. The highest BCUT2D eigenvalue weighted by Gasteiger charge is 2.52. The van der Waals surface area contributed by atoms with E-state index in [0.717, 1.165) is 16.6 Å². The van der Waals surface area contributed by atoms with Gasteiger partial charge in [0.15, 0.2) is 15.6 Å². The molecule has 1 aliphatic heterocycles. The molecule has 0 radical (unpaired) electrons. The van der Waals surface area contributed by atoms with Gasteiger partial charge in [-0.1, -0.05) is 50.6 Å². The van der Waals surface area contributed by atoms with Gasteiger partial charge in [0, 0.05) is 12.0 Å². The van der Waals surface area contributed by atoms with Gasteiger partial charge in [0.25, 0.3) is 0 Å². The Hall–Kier alpha value is -1.96. The van der Waals surface area contributed by atoms with Gasteiger partial charge < -0.3 is 9.31 Å². The van der Waals surface area contributed by atoms with E-state index in [2.05, 4.69) is 0 Å². The van der Waals surface area contributed by atoms with Crippen LogP contribution < -0.4 is 5.46 Å². The Morgan fingerprint density at radius 3 is 2.00 bits per heavy atom. The van der Waals surface area contributed by atoms with Crippen LogP contribution in [0.2, 0.25) is 0 Å². The van der Waals surface area contributed by atoms with Crippen molar-refractivity contribution in [2.45, 2.75) is 84.8 Å². The second-order valence-electron chi connectivity index (χ2n) is 11.7. The van der Waals surface area contributed by atoms with Gasteiger partial charge in [-0.2, -0.15) is 0 Å². The molecule has 1 aliphatic rings. The number of hydrogen-bond donors (Lipinski definition) is 0. The summed E-state index contributed by atoms with van der Waals surface area (Å²) in [5, 5.41) is 0. The maximum Gasteiger partial charge on any atom is 0.495 e. The number of ketones is 1. The molecule has 0 aromatic heterocycles. The molecule has 1 heterocycles. The van der Waals surface area contributed by atoms with Gasteiger partial charge in [0.2, 0.25) is 0 Å². The lowest BCUT2D eigenvalue weighted by Crippen LogP contribution is -2.41. The fraction of sp³-hybridized carbons (Fsp3) is 0.519. The van der Waals surface area contributed by atoms with Crippen LogP contribution in [-0.4, -0.2) is 38.3 Å². The average Bonchev–Trinajstić information content (AvgIpc) is 2.86. The van der Waals surface area contributed by atoms with Crippen LogP contribution in [0.15, 0.2) is 41.3 Å². The normalized spacial score (nSPS) is 17.7. The van der Waals surface area contributed by atoms with Crippen molar-refractivity contribution in [3.8, 4) is 0 Å². The topological polar surface area (TPSA) is 69.7 Å². The molecular weight excluding hydrogens is 447 g/mol. The van der Waals surface area contributed by atoms with E-state index < -0.39 is 28.2 Å². The quantitative estimate of drug-likeness (QED) is 0.433. The van der Waals surface area contributed by atoms with E-state index in [0.29, 0.717) is 16.0 Å². The second kappa shape index (κ2) is 8.92. The standard InChI is InChI=1S/C27H37BO5S/c1-18-15-21(11-12-22(18)28-32-26(6,7)27(8,9)33-28)23(29)16-20-10-13-24(19(2)14-20)34(30,31)17-25(3,4)5/h10-15H,16-17H2,1-9H3. The Morgan fingerprint density at radius 1 is 0.912 bits per heavy atom. The first-order valence-electron chi connectivity index (χ1n) is 11.7. The Kier molecular flexibility index (Phi) is 6.99. The highest BCUT2D eigenvalue weighted by Crippen LogP contribution is 2.36. The van der Waals surface area contributed by atoms with Gasteiger partial charge in [-0.15, -0.1) is 0 Å². The summed E-state index contributed by atoms with van der Waals surface area (Å²) in [5.41, 5.74) is 2.74. The van der Waals surface area contributed by atoms with Crippen LogP contribution in [0.3, 0.4) is 0 Å². The lowest BCUT2D eigenvalue weighted by Gasteiger charge is -2.32. The molecule has 3 rings (SSSR count). The van der Waals surface area contributed by atoms with Crippen molar-refractivity contribution in [2.75, 3.05) is 5.75 Å². The summed E-state index contributed by atoms with van der Waals surface area (Å²) in [6.07, 6.45) is 0.204. The SMILES string of the molecule is Cc1cc(C(=O)Cc2ccc(S(=O)(=O)CC(C)(C)C)c(C)c2)ccc1B1OC(C)(C)C(C)(C)O1. The monoisotopic (exact) mass is 484 g/mol. The molecule has 2 aromatic carbocycles. The molecule has 0 spiro atoms. The first kappa shape index (κ1) is 26.6. The summed E-state index contributed by atoms with van der Waals surface area (Å²) in [5.74, 6) is 0.0568. The van der Waals surface area contributed by atoms with Gasteiger partial charge in [0.05, 0.1) is 21.9 Å². The van der Waals surface area contributed by atoms with Gasteiger partial charge in [-0.25, -0.2) is 8.42 Å². The molecule has 0 saturated carbocycles. The number of rotatable bonds is 6. The lowest BCUT2D eigenvalue weighted by atomic mass is 9.75. The van der Waals surface area contributed by atoms with Crippen molar-refractivity contribution < 1.29 is 22.5 Å². The first-order valence-corrected chi connectivity index (χ1v) is 13.4. The minimum Gasteiger partial charge on any atom is -0.399 e. The minimum absolute atomic E-state index is 0.0201. The van der Waals surface area contributed by atoms with E-state index in [1.165, 1.54) is 0 Å². The molecule has 0 aliphatic carbocycles. The van der Waals surface area contributed by atoms with Crippen molar-refractivity contribution in [1.29, 1.82) is 0 Å². The number of aryl methyl sites for hydroxylation is 2. The van der Waals surface area contributed by atoms with Gasteiger partial charge in [-0.05, 0) is 75.7 Å². The smallest absolute Gasteiger partial charge is 0.399 e. The van der Waals surface area contributed by atoms with Crippen LogP contribution in [-0.2, 0) is 25.6 Å². The predicted molar refractivity (Wildman–Crippen MR) is 138 cm³/mol. The molecule has 0 amide bonds. The molecule has 7 heteroatoms. The predicted octanol–water partition coefficient (Wildman–Crippen LogP) is 4.85. The third-order valence-electron chi connectivity index (χ3n) is 6.66. The van der Waals surface area contributed by atoms with Crippen molar-refractivity contribution >= 4 is 28.2 Å². The fourth-order valence-electron chi connectivity index (χ4n) is 4.19. The summed E-state index contributed by atoms with van der Waals surface area (Å²) in [6.45, 7) is 17.5. The number of hydrogen-bond acceptors (Lipinski definition) is 5. The molecule has 1 saturated heterocycles. The highest BCUT2D eigenvalue weighted by molar-refractivity contribution is 7.91. The Balaban J connectivity index is 1.77. The van der Waals surface area contributed by atoms with Gasteiger partial charge >= 0.3 is 7.12 Å². The molecule has 0 bridgehead atoms. The van der Waals surface area contributed by atoms with Crippen molar-refractivity contribution in [3.63, 3.8) is 0 Å². The summed E-state index contributed by atoms with van der Waals surface area (Å²) >= 11 is 0. The molecular formula is C27H37BO5S. The number of Topliss-reactive ketones (excluding diaryl/α,β-unsaturated/α-hetero) is 1. The van der Waals surface area contributed by atoms with Crippen molar-refractivity contribution in [1.82, 2.24) is 0 Å². The molecule has 0 unspecified atom stereocenters. The molecule has 5 nitrogen and oxygen atoms in total. The van der Waals surface area contributed by atoms with E-state index in [1.54, 1.807) is 25.1 Å². The average molecular weight is 484 g/mol. The summed E-state index contributed by atoms with van der Waals surface area (Å²) in [7, 11) is -3.86. The molecule has 2 aromatic rings. The second-order valence-corrected chi connectivity index (χ2v) is 13.6. The largest absolute Gasteiger partial charge is 0.495 e. The zero-order valence-electron chi connectivity index (χ0n) is 21.9. The Morgan fingerprint density at radius 2 is 1.50 bits per heavy atom. The fourth-order valence-corrected chi connectivity index (χ4v) is 6.31. The maximum absolute atomic E-state index is 13.0. The zero-order chi connectivity index (χ0) is 25.7. The van der Waals surface area contributed by atoms with Crippen LogP contribution in [0.25, 0.3) is 0 Å². The summed E-state index contributed by atoms with van der Waals surface area (Å²) in [4.78, 5) is 13.3. The highest BCUT2D eigenvalue weighted by atomic mass is 32.2. The number of sulfone groups is 1. The van der Waals surface area contributed by atoms with Crippen LogP contribution in [0.4, 0.5) is 0 Å². The van der Waals surface area contributed by atoms with Crippen LogP contribution >= 0.6 is 0 Å². The molecule has 1 fully saturated rings. The first-order chi connectivity index (χ1) is 15.4. The van der Waals surface area contributed by atoms with E-state index in [4.69, 9.17) is 9.31 Å². The Bertz CT molecular complexity index is 1190. The third kappa shape index (κ3) is 5.64. The van der Waals surface area contributed by atoms with Crippen LogP contribution in [0, 0.1) is 19.3 Å². The van der Waals surface area contributed by atoms with Crippen LogP contribution in [0.1, 0.15) is 75.5 Å². The summed E-state index contributed by atoms with van der Waals surface area (Å²) < 4.78 is 37.9. The number of carbonyl (C=O) groups is 1. The summed E-state index contributed by atoms with van der Waals surface area (Å²) in [6, 6.07) is 10.8. The van der Waals surface area contributed by atoms with E-state index in [1.807, 2.05) is 73.6 Å². The Labute approximate surface area is 205 Å². The third-order valence-corrected chi connectivity index (χ3v) is 9.04. The van der Waals surface area contributed by atoms with E-state index >= 15 is 0 Å². The van der Waals surface area contributed by atoms with Crippen molar-refractivity contribution in [2.24, 2.45) is 5.41 Å². The minimum atomic E-state index is -3.39. The molecule has 184 valence electrons. The molecule has 0 N–H and O–H groups in total. The number of benzene rings is 2. The maximum atomic E-state index is 13.0. The van der Waals surface area contributed by atoms with Gasteiger partial charge in [0.1, 0.15) is 0 Å². The van der Waals surface area contributed by atoms with Crippen LogP contribution in [0.5, 0.6) is 0 Å². The molecule has 0 atom stereocenters. The zero-order valence-corrected chi connectivity index (χ0v) is 22.7. The van der Waals surface area contributed by atoms with E-state index in [-0.39, 0.29) is 23.4 Å². The van der Waals surface area contributed by atoms with Gasteiger partial charge in [-0.3, -0.25) is 4.79 Å². The molecule has 34 heavy (non-hydrogen) atoms. The van der Waals surface area contributed by atoms with E-state index in [9.17, 15) is 13.2 Å². The van der Waals surface area contributed by atoms with Crippen molar-refractivity contribution in [3.05, 3.63) is 58.7 Å². The lowest BCUT2D eigenvalue weighted by molar-refractivity contribution is 0.00578.